The van der Waals surface area contributed by atoms with Crippen LogP contribution in [0.4, 0.5) is 0 Å². The normalized spacial score (nSPS) is 15.9. The maximum absolute atomic E-state index is 9.15. The summed E-state index contributed by atoms with van der Waals surface area (Å²) in [6, 6.07) is 4.23. The molecule has 0 radical (unpaired) electrons. The molecule has 0 saturated heterocycles. The van der Waals surface area contributed by atoms with Crippen LogP contribution in [0.3, 0.4) is 0 Å². The van der Waals surface area contributed by atoms with Crippen LogP contribution < -0.4 is 0 Å². The molecule has 1 nitrogen and oxygen atoms in total. The lowest BCUT2D eigenvalue weighted by atomic mass is 10.0. The van der Waals surface area contributed by atoms with E-state index < -0.39 is 0 Å². The van der Waals surface area contributed by atoms with Gasteiger partial charge in [0.25, 0.3) is 0 Å². The van der Waals surface area contributed by atoms with Crippen LogP contribution >= 0.6 is 11.3 Å². The molecule has 2 heteroatoms. The van der Waals surface area contributed by atoms with Crippen LogP contribution in [0.15, 0.2) is 17.5 Å². The zero-order valence-corrected chi connectivity index (χ0v) is 8.47. The summed E-state index contributed by atoms with van der Waals surface area (Å²) >= 11 is 1.80. The van der Waals surface area contributed by atoms with Gasteiger partial charge >= 0.3 is 0 Å². The predicted octanol–water partition coefficient (Wildman–Crippen LogP) is 2.70. The standard InChI is InChI=1S/C10H16OS/c1-8(6-9(2)11)7-10-4-3-5-12-10/h3-5,8-9,11H,6-7H2,1-2H3. The highest BCUT2D eigenvalue weighted by Crippen LogP contribution is 2.17. The Labute approximate surface area is 78.1 Å². The van der Waals surface area contributed by atoms with Crippen LogP contribution in [-0.2, 0) is 6.42 Å². The molecule has 0 aliphatic rings. The zero-order chi connectivity index (χ0) is 8.97. The van der Waals surface area contributed by atoms with Crippen molar-refractivity contribution >= 4 is 11.3 Å². The number of aliphatic hydroxyl groups is 1. The molecule has 0 aromatic carbocycles. The monoisotopic (exact) mass is 184 g/mol. The molecule has 0 amide bonds. The fourth-order valence-corrected chi connectivity index (χ4v) is 2.31. The van der Waals surface area contributed by atoms with Crippen LogP contribution in [0.25, 0.3) is 0 Å². The lowest BCUT2D eigenvalue weighted by Crippen LogP contribution is -2.08. The molecule has 1 rings (SSSR count). The van der Waals surface area contributed by atoms with E-state index in [0.717, 1.165) is 12.8 Å². The third-order valence-electron chi connectivity index (χ3n) is 1.87. The minimum absolute atomic E-state index is 0.167. The van der Waals surface area contributed by atoms with E-state index in [4.69, 9.17) is 5.11 Å². The van der Waals surface area contributed by atoms with E-state index >= 15 is 0 Å². The minimum Gasteiger partial charge on any atom is -0.393 e. The van der Waals surface area contributed by atoms with Gasteiger partial charge in [-0.15, -0.1) is 11.3 Å². The van der Waals surface area contributed by atoms with Gasteiger partial charge < -0.3 is 5.11 Å². The highest BCUT2D eigenvalue weighted by molar-refractivity contribution is 7.09. The van der Waals surface area contributed by atoms with Gasteiger partial charge in [0.05, 0.1) is 6.10 Å². The van der Waals surface area contributed by atoms with Crippen molar-refractivity contribution in [2.24, 2.45) is 5.92 Å². The summed E-state index contributed by atoms with van der Waals surface area (Å²) in [5, 5.41) is 11.3. The summed E-state index contributed by atoms with van der Waals surface area (Å²) in [6.45, 7) is 4.04. The molecule has 0 fully saturated rings. The van der Waals surface area contributed by atoms with Crippen molar-refractivity contribution in [2.45, 2.75) is 32.8 Å². The first kappa shape index (κ1) is 9.75. The van der Waals surface area contributed by atoms with E-state index in [0.29, 0.717) is 5.92 Å². The fraction of sp³-hybridized carbons (Fsp3) is 0.600. The van der Waals surface area contributed by atoms with Gasteiger partial charge in [-0.3, -0.25) is 0 Å². The third kappa shape index (κ3) is 3.37. The van der Waals surface area contributed by atoms with Gasteiger partial charge in [0, 0.05) is 4.88 Å². The van der Waals surface area contributed by atoms with Gasteiger partial charge in [0.15, 0.2) is 0 Å². The van der Waals surface area contributed by atoms with E-state index in [1.807, 2.05) is 6.92 Å². The topological polar surface area (TPSA) is 20.2 Å². The zero-order valence-electron chi connectivity index (χ0n) is 7.66. The van der Waals surface area contributed by atoms with Crippen molar-refractivity contribution in [3.8, 4) is 0 Å². The second kappa shape index (κ2) is 4.63. The molecule has 68 valence electrons. The second-order valence-corrected chi connectivity index (χ2v) is 4.51. The van der Waals surface area contributed by atoms with Gasteiger partial charge in [-0.1, -0.05) is 13.0 Å². The average molecular weight is 184 g/mol. The number of hydrogen-bond acceptors (Lipinski definition) is 2. The summed E-state index contributed by atoms with van der Waals surface area (Å²) in [5.41, 5.74) is 0. The highest BCUT2D eigenvalue weighted by Gasteiger charge is 2.07. The van der Waals surface area contributed by atoms with Crippen LogP contribution in [0.2, 0.25) is 0 Å². The largest absolute Gasteiger partial charge is 0.393 e. The lowest BCUT2D eigenvalue weighted by Gasteiger charge is -2.11. The minimum atomic E-state index is -0.167. The van der Waals surface area contributed by atoms with Crippen molar-refractivity contribution in [1.29, 1.82) is 0 Å². The molecule has 0 bridgehead atoms. The predicted molar refractivity (Wildman–Crippen MR) is 53.5 cm³/mol. The first-order chi connectivity index (χ1) is 5.68. The van der Waals surface area contributed by atoms with E-state index in [9.17, 15) is 0 Å². The lowest BCUT2D eigenvalue weighted by molar-refractivity contribution is 0.164. The molecule has 0 spiro atoms. The number of rotatable bonds is 4. The average Bonchev–Trinajstić information content (AvgIpc) is 2.37. The van der Waals surface area contributed by atoms with Gasteiger partial charge in [-0.25, -0.2) is 0 Å². The first-order valence-corrected chi connectivity index (χ1v) is 5.27. The Hall–Kier alpha value is -0.340. The molecule has 1 N–H and O–H groups in total. The van der Waals surface area contributed by atoms with Crippen LogP contribution in [0.1, 0.15) is 25.1 Å². The number of thiophene rings is 1. The quantitative estimate of drug-likeness (QED) is 0.762. The Morgan fingerprint density at radius 3 is 2.75 bits per heavy atom. The third-order valence-corrected chi connectivity index (χ3v) is 2.77. The van der Waals surface area contributed by atoms with Crippen molar-refractivity contribution < 1.29 is 5.11 Å². The van der Waals surface area contributed by atoms with Crippen LogP contribution in [0.5, 0.6) is 0 Å². The summed E-state index contributed by atoms with van der Waals surface area (Å²) in [7, 11) is 0. The van der Waals surface area contributed by atoms with Gasteiger partial charge in [0.1, 0.15) is 0 Å². The smallest absolute Gasteiger partial charge is 0.0514 e. The summed E-state index contributed by atoms with van der Waals surface area (Å²) in [4.78, 5) is 1.42. The Bertz CT molecular complexity index is 204. The van der Waals surface area contributed by atoms with Gasteiger partial charge in [-0.05, 0) is 37.1 Å². The van der Waals surface area contributed by atoms with Crippen molar-refractivity contribution in [3.63, 3.8) is 0 Å². The molecule has 1 heterocycles. The van der Waals surface area contributed by atoms with Crippen molar-refractivity contribution in [2.75, 3.05) is 0 Å². The Kier molecular flexibility index (Phi) is 3.76. The fourth-order valence-electron chi connectivity index (χ4n) is 1.44. The van der Waals surface area contributed by atoms with E-state index in [1.165, 1.54) is 4.88 Å². The molecule has 2 unspecified atom stereocenters. The Morgan fingerprint density at radius 1 is 1.50 bits per heavy atom. The van der Waals surface area contributed by atoms with E-state index in [2.05, 4.69) is 24.4 Å². The molecule has 0 aliphatic heterocycles. The van der Waals surface area contributed by atoms with Crippen LogP contribution in [-0.4, -0.2) is 11.2 Å². The number of aliphatic hydroxyl groups excluding tert-OH is 1. The summed E-state index contributed by atoms with van der Waals surface area (Å²) in [6.07, 6.45) is 1.83. The maximum Gasteiger partial charge on any atom is 0.0514 e. The molecule has 1 aromatic rings. The highest BCUT2D eigenvalue weighted by atomic mass is 32.1. The first-order valence-electron chi connectivity index (χ1n) is 4.39. The second-order valence-electron chi connectivity index (χ2n) is 3.47. The molecule has 12 heavy (non-hydrogen) atoms. The Balaban J connectivity index is 2.32. The van der Waals surface area contributed by atoms with Crippen molar-refractivity contribution in [3.05, 3.63) is 22.4 Å². The molecule has 2 atom stereocenters. The van der Waals surface area contributed by atoms with E-state index in [1.54, 1.807) is 11.3 Å². The SMILES string of the molecule is CC(O)CC(C)Cc1cccs1. The molecule has 0 aliphatic carbocycles. The summed E-state index contributed by atoms with van der Waals surface area (Å²) < 4.78 is 0. The number of hydrogen-bond donors (Lipinski definition) is 1. The summed E-state index contributed by atoms with van der Waals surface area (Å²) in [5.74, 6) is 0.587. The molecule has 1 aromatic heterocycles. The van der Waals surface area contributed by atoms with Crippen molar-refractivity contribution in [1.82, 2.24) is 0 Å². The maximum atomic E-state index is 9.15. The van der Waals surface area contributed by atoms with Gasteiger partial charge in [-0.2, -0.15) is 0 Å². The van der Waals surface area contributed by atoms with Gasteiger partial charge in [0.2, 0.25) is 0 Å². The Morgan fingerprint density at radius 2 is 2.25 bits per heavy atom. The molecular weight excluding hydrogens is 168 g/mol. The van der Waals surface area contributed by atoms with Crippen LogP contribution in [0, 0.1) is 5.92 Å². The molecule has 0 saturated carbocycles. The molecular formula is C10H16OS. The van der Waals surface area contributed by atoms with E-state index in [-0.39, 0.29) is 6.10 Å².